The lowest BCUT2D eigenvalue weighted by molar-refractivity contribution is -0.384. The van der Waals surface area contributed by atoms with Crippen molar-refractivity contribution in [2.45, 2.75) is 32.3 Å². The van der Waals surface area contributed by atoms with Crippen molar-refractivity contribution < 1.29 is 14.4 Å². The standard InChI is InChI=1S/C15H24N4O4/c1-11-14(19(20)21)15(17(2)16-11)18-6-3-13(4-7-18)23-10-12-5-8-22-9-12/h12-13H,3-10H2,1-2H3. The quantitative estimate of drug-likeness (QED) is 0.605. The second kappa shape index (κ2) is 6.84. The van der Waals surface area contributed by atoms with Crippen LogP contribution in [0.5, 0.6) is 0 Å². The first kappa shape index (κ1) is 16.2. The van der Waals surface area contributed by atoms with Gasteiger partial charge < -0.3 is 14.4 Å². The van der Waals surface area contributed by atoms with Gasteiger partial charge in [0.2, 0.25) is 5.82 Å². The Kier molecular flexibility index (Phi) is 4.82. The summed E-state index contributed by atoms with van der Waals surface area (Å²) in [6, 6.07) is 0. The Morgan fingerprint density at radius 2 is 2.13 bits per heavy atom. The Bertz CT molecular complexity index is 560. The van der Waals surface area contributed by atoms with Crippen molar-refractivity contribution in [1.82, 2.24) is 9.78 Å². The van der Waals surface area contributed by atoms with Crippen molar-refractivity contribution in [2.75, 3.05) is 37.8 Å². The molecular weight excluding hydrogens is 300 g/mol. The predicted molar refractivity (Wildman–Crippen MR) is 84.7 cm³/mol. The highest BCUT2D eigenvalue weighted by atomic mass is 16.6. The molecule has 128 valence electrons. The van der Waals surface area contributed by atoms with Gasteiger partial charge >= 0.3 is 5.69 Å². The van der Waals surface area contributed by atoms with Crippen molar-refractivity contribution in [3.05, 3.63) is 15.8 Å². The summed E-state index contributed by atoms with van der Waals surface area (Å²) in [5.41, 5.74) is 0.585. The summed E-state index contributed by atoms with van der Waals surface area (Å²) in [6.07, 6.45) is 3.09. The molecule has 0 radical (unpaired) electrons. The highest BCUT2D eigenvalue weighted by Gasteiger charge is 2.31. The lowest BCUT2D eigenvalue weighted by Gasteiger charge is -2.33. The number of piperidine rings is 1. The number of aromatic nitrogens is 2. The zero-order valence-corrected chi connectivity index (χ0v) is 13.7. The molecule has 3 rings (SSSR count). The fourth-order valence-electron chi connectivity index (χ4n) is 3.42. The molecule has 2 aliphatic rings. The number of nitrogens with zero attached hydrogens (tertiary/aromatic N) is 4. The van der Waals surface area contributed by atoms with Gasteiger partial charge in [-0.25, -0.2) is 4.68 Å². The number of hydrogen-bond acceptors (Lipinski definition) is 6. The topological polar surface area (TPSA) is 82.7 Å². The van der Waals surface area contributed by atoms with Crippen LogP contribution in [-0.4, -0.2) is 53.7 Å². The average molecular weight is 324 g/mol. The van der Waals surface area contributed by atoms with Crippen LogP contribution in [0.15, 0.2) is 0 Å². The van der Waals surface area contributed by atoms with Gasteiger partial charge in [0, 0.05) is 32.7 Å². The maximum Gasteiger partial charge on any atom is 0.333 e. The zero-order valence-electron chi connectivity index (χ0n) is 13.7. The number of anilines is 1. The van der Waals surface area contributed by atoms with Crippen LogP contribution in [0.25, 0.3) is 0 Å². The van der Waals surface area contributed by atoms with Gasteiger partial charge in [-0.2, -0.15) is 5.10 Å². The highest BCUT2D eigenvalue weighted by molar-refractivity contribution is 5.61. The molecule has 3 heterocycles. The summed E-state index contributed by atoms with van der Waals surface area (Å²) in [4.78, 5) is 13.0. The fraction of sp³-hybridized carbons (Fsp3) is 0.800. The Balaban J connectivity index is 1.57. The molecule has 0 aromatic carbocycles. The van der Waals surface area contributed by atoms with Crippen LogP contribution >= 0.6 is 0 Å². The molecule has 0 bridgehead atoms. The molecule has 1 aromatic rings. The van der Waals surface area contributed by atoms with Gasteiger partial charge in [-0.1, -0.05) is 0 Å². The second-order valence-corrected chi connectivity index (χ2v) is 6.39. The summed E-state index contributed by atoms with van der Waals surface area (Å²) >= 11 is 0. The van der Waals surface area contributed by atoms with Crippen molar-refractivity contribution in [1.29, 1.82) is 0 Å². The van der Waals surface area contributed by atoms with E-state index in [1.807, 2.05) is 0 Å². The molecule has 1 aromatic heterocycles. The summed E-state index contributed by atoms with van der Waals surface area (Å²) in [7, 11) is 1.76. The molecule has 23 heavy (non-hydrogen) atoms. The molecule has 0 aliphatic carbocycles. The van der Waals surface area contributed by atoms with E-state index in [4.69, 9.17) is 9.47 Å². The van der Waals surface area contributed by atoms with E-state index in [2.05, 4.69) is 10.00 Å². The normalized spacial score (nSPS) is 22.7. The zero-order chi connectivity index (χ0) is 16.4. The van der Waals surface area contributed by atoms with E-state index >= 15 is 0 Å². The van der Waals surface area contributed by atoms with Crippen LogP contribution in [0.1, 0.15) is 25.0 Å². The minimum atomic E-state index is -0.333. The molecule has 8 nitrogen and oxygen atoms in total. The summed E-state index contributed by atoms with van der Waals surface area (Å²) in [5, 5.41) is 15.5. The van der Waals surface area contributed by atoms with Gasteiger partial charge in [0.05, 0.1) is 24.2 Å². The number of nitro groups is 1. The number of hydrogen-bond donors (Lipinski definition) is 0. The van der Waals surface area contributed by atoms with Gasteiger partial charge in [-0.05, 0) is 26.2 Å². The van der Waals surface area contributed by atoms with Crippen molar-refractivity contribution in [3.63, 3.8) is 0 Å². The van der Waals surface area contributed by atoms with E-state index in [9.17, 15) is 10.1 Å². The second-order valence-electron chi connectivity index (χ2n) is 6.39. The first-order valence-corrected chi connectivity index (χ1v) is 8.18. The van der Waals surface area contributed by atoms with Crippen LogP contribution in [0.3, 0.4) is 0 Å². The van der Waals surface area contributed by atoms with Crippen molar-refractivity contribution in [2.24, 2.45) is 13.0 Å². The molecule has 0 N–H and O–H groups in total. The minimum absolute atomic E-state index is 0.120. The average Bonchev–Trinajstić information content (AvgIpc) is 3.13. The van der Waals surface area contributed by atoms with Crippen LogP contribution < -0.4 is 4.90 Å². The SMILES string of the molecule is Cc1nn(C)c(N2CCC(OCC3CCOC3)CC2)c1[N+](=O)[O-]. The first-order chi connectivity index (χ1) is 11.1. The monoisotopic (exact) mass is 324 g/mol. The molecule has 0 amide bonds. The van der Waals surface area contributed by atoms with E-state index in [0.717, 1.165) is 52.2 Å². The third-order valence-electron chi connectivity index (χ3n) is 4.68. The molecule has 0 spiro atoms. The number of aryl methyl sites for hydroxylation is 2. The molecular formula is C15H24N4O4. The third-order valence-corrected chi connectivity index (χ3v) is 4.68. The van der Waals surface area contributed by atoms with Crippen molar-refractivity contribution in [3.8, 4) is 0 Å². The molecule has 1 atom stereocenters. The van der Waals surface area contributed by atoms with Gasteiger partial charge in [-0.15, -0.1) is 0 Å². The molecule has 2 fully saturated rings. The smallest absolute Gasteiger partial charge is 0.333 e. The lowest BCUT2D eigenvalue weighted by Crippen LogP contribution is -2.38. The Morgan fingerprint density at radius 1 is 1.39 bits per heavy atom. The summed E-state index contributed by atoms with van der Waals surface area (Å²) < 4.78 is 13.0. The van der Waals surface area contributed by atoms with E-state index < -0.39 is 0 Å². The number of ether oxygens (including phenoxy) is 2. The predicted octanol–water partition coefficient (Wildman–Crippen LogP) is 1.66. The largest absolute Gasteiger partial charge is 0.381 e. The van der Waals surface area contributed by atoms with Gasteiger partial charge in [0.1, 0.15) is 5.69 Å². The fourth-order valence-corrected chi connectivity index (χ4v) is 3.42. The Hall–Kier alpha value is -1.67. The van der Waals surface area contributed by atoms with Gasteiger partial charge in [0.25, 0.3) is 0 Å². The highest BCUT2D eigenvalue weighted by Crippen LogP contribution is 2.33. The van der Waals surface area contributed by atoms with Crippen LogP contribution in [0.2, 0.25) is 0 Å². The summed E-state index contributed by atoms with van der Waals surface area (Å²) in [5.74, 6) is 1.13. The van der Waals surface area contributed by atoms with Crippen LogP contribution in [-0.2, 0) is 16.5 Å². The minimum Gasteiger partial charge on any atom is -0.381 e. The first-order valence-electron chi connectivity index (χ1n) is 8.18. The Morgan fingerprint density at radius 3 is 2.74 bits per heavy atom. The molecule has 2 saturated heterocycles. The molecule has 2 aliphatic heterocycles. The van der Waals surface area contributed by atoms with E-state index in [0.29, 0.717) is 17.4 Å². The van der Waals surface area contributed by atoms with Gasteiger partial charge in [-0.3, -0.25) is 10.1 Å². The maximum absolute atomic E-state index is 11.3. The molecule has 8 heteroatoms. The lowest BCUT2D eigenvalue weighted by atomic mass is 10.1. The molecule has 1 unspecified atom stereocenters. The number of rotatable bonds is 5. The molecule has 0 saturated carbocycles. The van der Waals surface area contributed by atoms with E-state index in [1.54, 1.807) is 18.7 Å². The van der Waals surface area contributed by atoms with E-state index in [1.165, 1.54) is 0 Å². The third kappa shape index (κ3) is 3.48. The summed E-state index contributed by atoms with van der Waals surface area (Å²) in [6.45, 7) is 5.60. The van der Waals surface area contributed by atoms with Gasteiger partial charge in [0.15, 0.2) is 0 Å². The van der Waals surface area contributed by atoms with Crippen LogP contribution in [0.4, 0.5) is 11.5 Å². The Labute approximate surface area is 135 Å². The van der Waals surface area contributed by atoms with Crippen molar-refractivity contribution >= 4 is 11.5 Å². The maximum atomic E-state index is 11.3. The van der Waals surface area contributed by atoms with E-state index in [-0.39, 0.29) is 16.7 Å². The van der Waals surface area contributed by atoms with Crippen LogP contribution in [0, 0.1) is 23.0 Å².